The topological polar surface area (TPSA) is 40.5 Å². The molecule has 0 saturated carbocycles. The molecule has 2 aromatic carbocycles. The Labute approximate surface area is 166 Å². The van der Waals surface area contributed by atoms with E-state index in [1.165, 1.54) is 16.5 Å². The van der Waals surface area contributed by atoms with Crippen LogP contribution in [0, 0.1) is 0 Å². The smallest absolute Gasteiger partial charge is 0.194 e. The summed E-state index contributed by atoms with van der Waals surface area (Å²) in [6, 6.07) is 20.5. The Hall–Kier alpha value is -2.15. The van der Waals surface area contributed by atoms with Crippen LogP contribution in [0.3, 0.4) is 0 Å². The van der Waals surface area contributed by atoms with E-state index in [1.807, 2.05) is 61.6 Å². The zero-order chi connectivity index (χ0) is 16.8. The largest absolute Gasteiger partial charge is 0.352 e. The van der Waals surface area contributed by atoms with Crippen LogP contribution in [0.25, 0.3) is 10.9 Å². The molecule has 1 N–H and O–H groups in total. The van der Waals surface area contributed by atoms with Crippen LogP contribution in [0.2, 0.25) is 0 Å². The van der Waals surface area contributed by atoms with Gasteiger partial charge < -0.3 is 10.2 Å². The first-order valence-electron chi connectivity index (χ1n) is 8.06. The zero-order valence-corrected chi connectivity index (χ0v) is 16.8. The number of rotatable bonds is 4. The van der Waals surface area contributed by atoms with Crippen molar-refractivity contribution in [3.8, 4) is 0 Å². The van der Waals surface area contributed by atoms with E-state index in [9.17, 15) is 0 Å². The maximum Gasteiger partial charge on any atom is 0.194 e. The van der Waals surface area contributed by atoms with Crippen LogP contribution in [0.4, 0.5) is 0 Å². The third kappa shape index (κ3) is 5.16. The fraction of sp³-hybridized carbons (Fsp3) is 0.200. The minimum absolute atomic E-state index is 0. The molecule has 0 bridgehead atoms. The Morgan fingerprint density at radius 3 is 2.48 bits per heavy atom. The lowest BCUT2D eigenvalue weighted by molar-refractivity contribution is 0.579. The molecule has 3 rings (SSSR count). The van der Waals surface area contributed by atoms with E-state index in [-0.39, 0.29) is 24.0 Å². The molecule has 0 radical (unpaired) electrons. The highest BCUT2D eigenvalue weighted by Gasteiger charge is 2.05. The number of aliphatic imine (C=N–C) groups is 1. The first-order chi connectivity index (χ1) is 11.7. The third-order valence-electron chi connectivity index (χ3n) is 3.85. The van der Waals surface area contributed by atoms with Crippen LogP contribution in [0.5, 0.6) is 0 Å². The van der Waals surface area contributed by atoms with Gasteiger partial charge in [0, 0.05) is 32.2 Å². The van der Waals surface area contributed by atoms with Gasteiger partial charge in [0.2, 0.25) is 0 Å². The Bertz CT molecular complexity index is 826. The number of nitrogens with zero attached hydrogens (tertiary/aromatic N) is 3. The average molecular weight is 446 g/mol. The van der Waals surface area contributed by atoms with E-state index in [4.69, 9.17) is 4.99 Å². The number of pyridine rings is 1. The molecule has 0 saturated heterocycles. The minimum Gasteiger partial charge on any atom is -0.352 e. The first kappa shape index (κ1) is 19.2. The van der Waals surface area contributed by atoms with E-state index < -0.39 is 0 Å². The molecule has 3 aromatic rings. The molecular formula is C20H23IN4. The molecule has 25 heavy (non-hydrogen) atoms. The number of fused-ring (bicyclic) bond motifs is 1. The number of hydrogen-bond donors (Lipinski definition) is 1. The molecule has 0 atom stereocenters. The van der Waals surface area contributed by atoms with E-state index in [2.05, 4.69) is 34.6 Å². The van der Waals surface area contributed by atoms with Gasteiger partial charge >= 0.3 is 0 Å². The summed E-state index contributed by atoms with van der Waals surface area (Å²) in [7, 11) is 4.00. The molecule has 0 fully saturated rings. The SMILES string of the molecule is CN(C)C(=NCc1ccccc1)NCc1ccnc2ccccc12.I. The van der Waals surface area contributed by atoms with Gasteiger partial charge in [0.25, 0.3) is 0 Å². The van der Waals surface area contributed by atoms with Crippen molar-refractivity contribution < 1.29 is 0 Å². The lowest BCUT2D eigenvalue weighted by Crippen LogP contribution is -2.36. The van der Waals surface area contributed by atoms with E-state index >= 15 is 0 Å². The summed E-state index contributed by atoms with van der Waals surface area (Å²) in [4.78, 5) is 11.1. The lowest BCUT2D eigenvalue weighted by Gasteiger charge is -2.18. The normalized spacial score (nSPS) is 11.0. The number of guanidine groups is 1. The number of benzene rings is 2. The molecule has 0 aliphatic heterocycles. The van der Waals surface area contributed by atoms with Gasteiger partial charge in [-0.2, -0.15) is 0 Å². The molecule has 0 amide bonds. The Kier molecular flexibility index (Phi) is 7.18. The monoisotopic (exact) mass is 446 g/mol. The quantitative estimate of drug-likeness (QED) is 0.374. The van der Waals surface area contributed by atoms with Crippen molar-refractivity contribution in [2.45, 2.75) is 13.1 Å². The van der Waals surface area contributed by atoms with Gasteiger partial charge in [0.1, 0.15) is 0 Å². The standard InChI is InChI=1S/C20H22N4.HI/c1-24(2)20(22-14-16-8-4-3-5-9-16)23-15-17-12-13-21-19-11-7-6-10-18(17)19;/h3-13H,14-15H2,1-2H3,(H,22,23);1H. The van der Waals surface area contributed by atoms with Crippen molar-refractivity contribution in [1.29, 1.82) is 0 Å². The van der Waals surface area contributed by atoms with Gasteiger partial charge in [-0.15, -0.1) is 24.0 Å². The van der Waals surface area contributed by atoms with Gasteiger partial charge in [-0.3, -0.25) is 4.98 Å². The van der Waals surface area contributed by atoms with Gasteiger partial charge in [0.15, 0.2) is 5.96 Å². The summed E-state index contributed by atoms with van der Waals surface area (Å²) in [5.41, 5.74) is 3.44. The summed E-state index contributed by atoms with van der Waals surface area (Å²) >= 11 is 0. The fourth-order valence-corrected chi connectivity index (χ4v) is 2.59. The molecule has 0 spiro atoms. The van der Waals surface area contributed by atoms with E-state index in [0.29, 0.717) is 6.54 Å². The number of aromatic nitrogens is 1. The second-order valence-corrected chi connectivity index (χ2v) is 5.86. The summed E-state index contributed by atoms with van der Waals surface area (Å²) in [5, 5.41) is 4.62. The van der Waals surface area contributed by atoms with Crippen LogP contribution in [-0.4, -0.2) is 29.9 Å². The fourth-order valence-electron chi connectivity index (χ4n) is 2.59. The molecule has 5 heteroatoms. The Morgan fingerprint density at radius 1 is 1.00 bits per heavy atom. The van der Waals surface area contributed by atoms with Crippen LogP contribution in [-0.2, 0) is 13.1 Å². The van der Waals surface area contributed by atoms with Crippen molar-refractivity contribution in [2.75, 3.05) is 14.1 Å². The van der Waals surface area contributed by atoms with Crippen LogP contribution < -0.4 is 5.32 Å². The maximum absolute atomic E-state index is 4.70. The van der Waals surface area contributed by atoms with Gasteiger partial charge in [0.05, 0.1) is 12.1 Å². The van der Waals surface area contributed by atoms with Gasteiger partial charge in [-0.05, 0) is 23.3 Å². The first-order valence-corrected chi connectivity index (χ1v) is 8.06. The van der Waals surface area contributed by atoms with Crippen molar-refractivity contribution >= 4 is 40.8 Å². The second-order valence-electron chi connectivity index (χ2n) is 5.86. The summed E-state index contributed by atoms with van der Waals surface area (Å²) in [5.74, 6) is 0.875. The molecule has 0 aliphatic rings. The molecule has 4 nitrogen and oxygen atoms in total. The second kappa shape index (κ2) is 9.36. The Morgan fingerprint density at radius 2 is 1.72 bits per heavy atom. The predicted octanol–water partition coefficient (Wildman–Crippen LogP) is 4.06. The van der Waals surface area contributed by atoms with E-state index in [0.717, 1.165) is 18.0 Å². The molecule has 0 unspecified atom stereocenters. The third-order valence-corrected chi connectivity index (χ3v) is 3.85. The summed E-state index contributed by atoms with van der Waals surface area (Å²) in [6.07, 6.45) is 1.86. The van der Waals surface area contributed by atoms with E-state index in [1.54, 1.807) is 0 Å². The van der Waals surface area contributed by atoms with Crippen LogP contribution in [0.15, 0.2) is 71.9 Å². The molecule has 1 heterocycles. The van der Waals surface area contributed by atoms with Crippen molar-refractivity contribution in [3.63, 3.8) is 0 Å². The highest BCUT2D eigenvalue weighted by Crippen LogP contribution is 2.15. The molecule has 0 aliphatic carbocycles. The highest BCUT2D eigenvalue weighted by molar-refractivity contribution is 14.0. The molecular weight excluding hydrogens is 423 g/mol. The van der Waals surface area contributed by atoms with Crippen molar-refractivity contribution in [3.05, 3.63) is 78.0 Å². The van der Waals surface area contributed by atoms with Crippen molar-refractivity contribution in [2.24, 2.45) is 4.99 Å². The van der Waals surface area contributed by atoms with Crippen LogP contribution in [0.1, 0.15) is 11.1 Å². The zero-order valence-electron chi connectivity index (χ0n) is 14.5. The number of para-hydroxylation sites is 1. The Balaban J connectivity index is 0.00000225. The van der Waals surface area contributed by atoms with Gasteiger partial charge in [-0.1, -0.05) is 48.5 Å². The minimum atomic E-state index is 0. The maximum atomic E-state index is 4.70. The lowest BCUT2D eigenvalue weighted by atomic mass is 10.1. The highest BCUT2D eigenvalue weighted by atomic mass is 127. The predicted molar refractivity (Wildman–Crippen MR) is 115 cm³/mol. The van der Waals surface area contributed by atoms with Crippen molar-refractivity contribution in [1.82, 2.24) is 15.2 Å². The number of halogens is 1. The van der Waals surface area contributed by atoms with Gasteiger partial charge in [-0.25, -0.2) is 4.99 Å². The van der Waals surface area contributed by atoms with Crippen LogP contribution >= 0.6 is 24.0 Å². The molecule has 130 valence electrons. The molecule has 1 aromatic heterocycles. The average Bonchev–Trinajstić information content (AvgIpc) is 2.62. The summed E-state index contributed by atoms with van der Waals surface area (Å²) < 4.78 is 0. The number of nitrogens with one attached hydrogen (secondary N) is 1. The number of hydrogen-bond acceptors (Lipinski definition) is 2. The summed E-state index contributed by atoms with van der Waals surface area (Å²) in [6.45, 7) is 1.38.